The van der Waals surface area contributed by atoms with Crippen molar-refractivity contribution in [2.75, 3.05) is 5.32 Å². The number of amides is 1. The van der Waals surface area contributed by atoms with Crippen molar-refractivity contribution in [3.8, 4) is 11.5 Å². The molecule has 0 saturated carbocycles. The molecule has 0 radical (unpaired) electrons. The predicted octanol–water partition coefficient (Wildman–Crippen LogP) is 5.38. The Labute approximate surface area is 181 Å². The molecule has 0 bridgehead atoms. The molecule has 4 rings (SSSR count). The minimum absolute atomic E-state index is 0.126. The van der Waals surface area contributed by atoms with Gasteiger partial charge in [0.15, 0.2) is 0 Å². The van der Waals surface area contributed by atoms with E-state index in [1.807, 2.05) is 87.8 Å². The number of aryl methyl sites for hydroxylation is 5. The van der Waals surface area contributed by atoms with Crippen LogP contribution in [0.1, 0.15) is 44.3 Å². The van der Waals surface area contributed by atoms with Crippen molar-refractivity contribution in [1.29, 1.82) is 0 Å². The number of anilines is 1. The molecule has 0 atom stereocenters. The fraction of sp³-hybridized carbons (Fsp3) is 0.240. The number of nitrogens with zero attached hydrogens (tertiary/aromatic N) is 3. The Morgan fingerprint density at radius 2 is 1.65 bits per heavy atom. The van der Waals surface area contributed by atoms with Crippen molar-refractivity contribution in [2.45, 2.75) is 41.2 Å². The molecule has 2 aromatic carbocycles. The molecule has 4 aromatic rings. The minimum Gasteiger partial charge on any atom is -0.441 e. The molecule has 2 aromatic heterocycles. The molecule has 0 aliphatic heterocycles. The van der Waals surface area contributed by atoms with Gasteiger partial charge < -0.3 is 9.73 Å². The molecule has 0 aliphatic carbocycles. The third kappa shape index (κ3) is 4.58. The van der Waals surface area contributed by atoms with E-state index in [4.69, 9.17) is 4.42 Å². The number of oxazole rings is 1. The zero-order valence-corrected chi connectivity index (χ0v) is 18.5. The highest BCUT2D eigenvalue weighted by Crippen LogP contribution is 2.24. The molecule has 0 aliphatic rings. The maximum atomic E-state index is 12.6. The summed E-state index contributed by atoms with van der Waals surface area (Å²) in [5.74, 6) is 1.20. The first kappa shape index (κ1) is 20.6. The van der Waals surface area contributed by atoms with Gasteiger partial charge in [0.1, 0.15) is 11.5 Å². The summed E-state index contributed by atoms with van der Waals surface area (Å²) in [6.07, 6.45) is 0. The standard InChI is InChI=1S/C25H26N4O2/c1-15-10-16(2)12-21(11-15)24(30)26-22-8-6-20(7-9-22)25-27-23(19(5)31-25)14-29-18(4)13-17(3)28-29/h6-13H,14H2,1-5H3,(H,26,30). The molecular weight excluding hydrogens is 388 g/mol. The van der Waals surface area contributed by atoms with E-state index in [2.05, 4.69) is 15.4 Å². The van der Waals surface area contributed by atoms with Gasteiger partial charge in [-0.15, -0.1) is 0 Å². The molecule has 0 fully saturated rings. The average Bonchev–Trinajstić information content (AvgIpc) is 3.23. The van der Waals surface area contributed by atoms with E-state index in [9.17, 15) is 4.79 Å². The number of carbonyl (C=O) groups excluding carboxylic acids is 1. The molecule has 0 spiro atoms. The molecular formula is C25H26N4O2. The Bertz CT molecular complexity index is 1230. The first-order valence-corrected chi connectivity index (χ1v) is 10.3. The van der Waals surface area contributed by atoms with Crippen LogP contribution in [0.15, 0.2) is 52.9 Å². The summed E-state index contributed by atoms with van der Waals surface area (Å²) in [7, 11) is 0. The Morgan fingerprint density at radius 1 is 0.968 bits per heavy atom. The Morgan fingerprint density at radius 3 is 2.26 bits per heavy atom. The monoisotopic (exact) mass is 414 g/mol. The first-order chi connectivity index (χ1) is 14.8. The SMILES string of the molecule is Cc1cc(C)cc(C(=O)Nc2ccc(-c3nc(Cn4nc(C)cc4C)c(C)o3)cc2)c1. The lowest BCUT2D eigenvalue weighted by molar-refractivity contribution is 0.102. The topological polar surface area (TPSA) is 73.0 Å². The Balaban J connectivity index is 1.49. The summed E-state index contributed by atoms with van der Waals surface area (Å²) >= 11 is 0. The van der Waals surface area contributed by atoms with Crippen molar-refractivity contribution in [1.82, 2.24) is 14.8 Å². The van der Waals surface area contributed by atoms with Crippen LogP contribution in [0.5, 0.6) is 0 Å². The van der Waals surface area contributed by atoms with Gasteiger partial charge in [-0.2, -0.15) is 5.10 Å². The number of benzene rings is 2. The quantitative estimate of drug-likeness (QED) is 0.476. The van der Waals surface area contributed by atoms with E-state index in [1.165, 1.54) is 0 Å². The number of hydrogen-bond donors (Lipinski definition) is 1. The smallest absolute Gasteiger partial charge is 0.255 e. The van der Waals surface area contributed by atoms with Gasteiger partial charge in [0.25, 0.3) is 5.91 Å². The third-order valence-corrected chi connectivity index (χ3v) is 5.17. The second-order valence-corrected chi connectivity index (χ2v) is 8.01. The van der Waals surface area contributed by atoms with Crippen molar-refractivity contribution in [3.05, 3.63) is 88.1 Å². The molecule has 6 nitrogen and oxygen atoms in total. The van der Waals surface area contributed by atoms with Gasteiger partial charge in [-0.25, -0.2) is 4.98 Å². The molecule has 0 saturated heterocycles. The normalized spacial score (nSPS) is 11.0. The second kappa shape index (κ2) is 8.22. The number of carbonyl (C=O) groups is 1. The molecule has 31 heavy (non-hydrogen) atoms. The van der Waals surface area contributed by atoms with Gasteiger partial charge >= 0.3 is 0 Å². The van der Waals surface area contributed by atoms with Crippen LogP contribution in [-0.2, 0) is 6.54 Å². The van der Waals surface area contributed by atoms with Crippen LogP contribution in [0, 0.1) is 34.6 Å². The van der Waals surface area contributed by atoms with Crippen LogP contribution in [0.2, 0.25) is 0 Å². The van der Waals surface area contributed by atoms with Gasteiger partial charge in [0.2, 0.25) is 5.89 Å². The van der Waals surface area contributed by atoms with Crippen molar-refractivity contribution in [2.24, 2.45) is 0 Å². The fourth-order valence-electron chi connectivity index (χ4n) is 3.68. The van der Waals surface area contributed by atoms with Crippen molar-refractivity contribution in [3.63, 3.8) is 0 Å². The van der Waals surface area contributed by atoms with E-state index < -0.39 is 0 Å². The summed E-state index contributed by atoms with van der Waals surface area (Å²) in [6, 6.07) is 15.4. The minimum atomic E-state index is -0.126. The number of aromatic nitrogens is 3. The molecule has 1 N–H and O–H groups in total. The van der Waals surface area contributed by atoms with Crippen LogP contribution in [-0.4, -0.2) is 20.7 Å². The van der Waals surface area contributed by atoms with Gasteiger partial charge in [-0.05, 0) is 77.1 Å². The summed E-state index contributed by atoms with van der Waals surface area (Å²) in [6.45, 7) is 10.5. The summed E-state index contributed by atoms with van der Waals surface area (Å²) in [5.41, 5.74) is 7.29. The third-order valence-electron chi connectivity index (χ3n) is 5.17. The lowest BCUT2D eigenvalue weighted by atomic mass is 10.1. The van der Waals surface area contributed by atoms with Crippen LogP contribution < -0.4 is 5.32 Å². The highest BCUT2D eigenvalue weighted by molar-refractivity contribution is 6.04. The summed E-state index contributed by atoms with van der Waals surface area (Å²) in [5, 5.41) is 7.45. The van der Waals surface area contributed by atoms with Gasteiger partial charge in [-0.1, -0.05) is 17.2 Å². The number of nitrogens with one attached hydrogen (secondary N) is 1. The number of hydrogen-bond acceptors (Lipinski definition) is 4. The Kier molecular flexibility index (Phi) is 5.46. The molecule has 158 valence electrons. The highest BCUT2D eigenvalue weighted by atomic mass is 16.4. The molecule has 2 heterocycles. The average molecular weight is 415 g/mol. The molecule has 0 unspecified atom stereocenters. The molecule has 6 heteroatoms. The van der Waals surface area contributed by atoms with Crippen LogP contribution >= 0.6 is 0 Å². The lowest BCUT2D eigenvalue weighted by Gasteiger charge is -2.07. The predicted molar refractivity (Wildman–Crippen MR) is 121 cm³/mol. The van der Waals surface area contributed by atoms with Crippen molar-refractivity contribution >= 4 is 11.6 Å². The van der Waals surface area contributed by atoms with Crippen LogP contribution in [0.3, 0.4) is 0 Å². The van der Waals surface area contributed by atoms with Crippen LogP contribution in [0.4, 0.5) is 5.69 Å². The summed E-state index contributed by atoms with van der Waals surface area (Å²) in [4.78, 5) is 17.2. The van der Waals surface area contributed by atoms with Crippen LogP contribution in [0.25, 0.3) is 11.5 Å². The molecule has 1 amide bonds. The van der Waals surface area contributed by atoms with E-state index in [0.29, 0.717) is 18.0 Å². The zero-order valence-electron chi connectivity index (χ0n) is 18.5. The van der Waals surface area contributed by atoms with E-state index >= 15 is 0 Å². The Hall–Kier alpha value is -3.67. The van der Waals surface area contributed by atoms with E-state index in [1.54, 1.807) is 0 Å². The van der Waals surface area contributed by atoms with Gasteiger partial charge in [0, 0.05) is 22.5 Å². The zero-order chi connectivity index (χ0) is 22.1. The maximum absolute atomic E-state index is 12.6. The van der Waals surface area contributed by atoms with Crippen molar-refractivity contribution < 1.29 is 9.21 Å². The maximum Gasteiger partial charge on any atom is 0.255 e. The lowest BCUT2D eigenvalue weighted by Crippen LogP contribution is -2.12. The second-order valence-electron chi connectivity index (χ2n) is 8.01. The fourth-order valence-corrected chi connectivity index (χ4v) is 3.68. The highest BCUT2D eigenvalue weighted by Gasteiger charge is 2.14. The number of rotatable bonds is 5. The largest absolute Gasteiger partial charge is 0.441 e. The van der Waals surface area contributed by atoms with Gasteiger partial charge in [0.05, 0.1) is 12.2 Å². The van der Waals surface area contributed by atoms with Gasteiger partial charge in [-0.3, -0.25) is 9.48 Å². The first-order valence-electron chi connectivity index (χ1n) is 10.3. The summed E-state index contributed by atoms with van der Waals surface area (Å²) < 4.78 is 7.82. The van der Waals surface area contributed by atoms with E-state index in [-0.39, 0.29) is 5.91 Å². The van der Waals surface area contributed by atoms with E-state index in [0.717, 1.165) is 45.2 Å².